The van der Waals surface area contributed by atoms with Crippen LogP contribution in [0.5, 0.6) is 0 Å². The molecule has 0 bridgehead atoms. The highest BCUT2D eigenvalue weighted by atomic mass is 127. The highest BCUT2D eigenvalue weighted by Gasteiger charge is 2.31. The molecule has 0 aromatic heterocycles. The lowest BCUT2D eigenvalue weighted by atomic mass is 10.0. The van der Waals surface area contributed by atoms with Crippen molar-refractivity contribution in [1.82, 2.24) is 0 Å². The largest absolute Gasteiger partial charge is 0.399 e. The van der Waals surface area contributed by atoms with E-state index in [1.54, 1.807) is 0 Å². The van der Waals surface area contributed by atoms with E-state index < -0.39 is 0 Å². The first-order valence-corrected chi connectivity index (χ1v) is 6.49. The number of rotatable bonds is 1. The van der Waals surface area contributed by atoms with Gasteiger partial charge in [-0.2, -0.15) is 0 Å². The summed E-state index contributed by atoms with van der Waals surface area (Å²) in [5, 5.41) is 0. The zero-order valence-electron chi connectivity index (χ0n) is 9.66. The van der Waals surface area contributed by atoms with Gasteiger partial charge in [-0.1, -0.05) is 0 Å². The fourth-order valence-corrected chi connectivity index (χ4v) is 2.88. The van der Waals surface area contributed by atoms with E-state index in [-0.39, 0.29) is 5.54 Å². The minimum absolute atomic E-state index is 0.0499. The third-order valence-corrected chi connectivity index (χ3v) is 3.77. The molecule has 1 aliphatic heterocycles. The van der Waals surface area contributed by atoms with E-state index in [9.17, 15) is 0 Å². The van der Waals surface area contributed by atoms with E-state index in [0.29, 0.717) is 0 Å². The summed E-state index contributed by atoms with van der Waals surface area (Å²) in [6.45, 7) is 6.92. The SMILES string of the molecule is CC1(C)COCCN1c1ccc(N)cc1I. The van der Waals surface area contributed by atoms with Gasteiger partial charge in [-0.3, -0.25) is 0 Å². The van der Waals surface area contributed by atoms with Crippen LogP contribution in [0, 0.1) is 3.57 Å². The standard InChI is InChI=1S/C12H17IN2O/c1-12(2)8-16-6-5-15(12)11-4-3-9(14)7-10(11)13/h3-4,7H,5-6,8,14H2,1-2H3. The number of hydrogen-bond acceptors (Lipinski definition) is 3. The number of morpholine rings is 1. The van der Waals surface area contributed by atoms with Gasteiger partial charge in [0.25, 0.3) is 0 Å². The molecular formula is C12H17IN2O. The molecule has 88 valence electrons. The number of ether oxygens (including phenoxy) is 1. The number of nitrogens with two attached hydrogens (primary N) is 1. The molecule has 2 N–H and O–H groups in total. The maximum Gasteiger partial charge on any atom is 0.0694 e. The van der Waals surface area contributed by atoms with Crippen molar-refractivity contribution in [2.45, 2.75) is 19.4 Å². The van der Waals surface area contributed by atoms with Crippen molar-refractivity contribution >= 4 is 34.0 Å². The third-order valence-electron chi connectivity index (χ3n) is 2.91. The third kappa shape index (κ3) is 2.27. The molecule has 0 radical (unpaired) electrons. The lowest BCUT2D eigenvalue weighted by molar-refractivity contribution is 0.0643. The van der Waals surface area contributed by atoms with Crippen molar-refractivity contribution in [2.75, 3.05) is 30.4 Å². The Balaban J connectivity index is 2.35. The van der Waals surface area contributed by atoms with Crippen molar-refractivity contribution in [1.29, 1.82) is 0 Å². The Kier molecular flexibility index (Phi) is 3.30. The van der Waals surface area contributed by atoms with E-state index in [0.717, 1.165) is 25.4 Å². The van der Waals surface area contributed by atoms with Crippen LogP contribution in [0.3, 0.4) is 0 Å². The second-order valence-electron chi connectivity index (χ2n) is 4.73. The van der Waals surface area contributed by atoms with Crippen LogP contribution in [0.2, 0.25) is 0 Å². The molecule has 1 saturated heterocycles. The van der Waals surface area contributed by atoms with Crippen molar-refractivity contribution in [2.24, 2.45) is 0 Å². The van der Waals surface area contributed by atoms with E-state index in [1.165, 1.54) is 9.26 Å². The fraction of sp³-hybridized carbons (Fsp3) is 0.500. The number of halogens is 1. The molecular weight excluding hydrogens is 315 g/mol. The highest BCUT2D eigenvalue weighted by molar-refractivity contribution is 14.1. The summed E-state index contributed by atoms with van der Waals surface area (Å²) >= 11 is 2.34. The smallest absolute Gasteiger partial charge is 0.0694 e. The van der Waals surface area contributed by atoms with Gasteiger partial charge in [0.05, 0.1) is 24.4 Å². The van der Waals surface area contributed by atoms with Crippen molar-refractivity contribution < 1.29 is 4.74 Å². The lowest BCUT2D eigenvalue weighted by Gasteiger charge is -2.44. The van der Waals surface area contributed by atoms with Crippen molar-refractivity contribution in [3.63, 3.8) is 0 Å². The molecule has 1 aromatic carbocycles. The van der Waals surface area contributed by atoms with Gasteiger partial charge < -0.3 is 15.4 Å². The van der Waals surface area contributed by atoms with Crippen LogP contribution in [-0.2, 0) is 4.74 Å². The Morgan fingerprint density at radius 1 is 1.44 bits per heavy atom. The quantitative estimate of drug-likeness (QED) is 0.634. The van der Waals surface area contributed by atoms with E-state index in [2.05, 4.69) is 47.4 Å². The summed E-state index contributed by atoms with van der Waals surface area (Å²) in [7, 11) is 0. The van der Waals surface area contributed by atoms with Gasteiger partial charge >= 0.3 is 0 Å². The van der Waals surface area contributed by atoms with E-state index in [4.69, 9.17) is 10.5 Å². The van der Waals surface area contributed by atoms with E-state index >= 15 is 0 Å². The average molecular weight is 332 g/mol. The molecule has 4 heteroatoms. The van der Waals surface area contributed by atoms with Gasteiger partial charge in [-0.25, -0.2) is 0 Å². The van der Waals surface area contributed by atoms with Crippen LogP contribution in [0.4, 0.5) is 11.4 Å². The minimum atomic E-state index is 0.0499. The van der Waals surface area contributed by atoms with Crippen LogP contribution < -0.4 is 10.6 Å². The lowest BCUT2D eigenvalue weighted by Crippen LogP contribution is -2.53. The first-order valence-electron chi connectivity index (χ1n) is 5.41. The fourth-order valence-electron chi connectivity index (χ4n) is 2.05. The summed E-state index contributed by atoms with van der Waals surface area (Å²) < 4.78 is 6.73. The zero-order valence-corrected chi connectivity index (χ0v) is 11.8. The Bertz CT molecular complexity index is 393. The van der Waals surface area contributed by atoms with E-state index in [1.807, 2.05) is 12.1 Å². The van der Waals surface area contributed by atoms with Crippen molar-refractivity contribution in [3.05, 3.63) is 21.8 Å². The maximum absolute atomic E-state index is 5.78. The number of anilines is 2. The summed E-state index contributed by atoms with van der Waals surface area (Å²) in [4.78, 5) is 2.40. The second kappa shape index (κ2) is 4.41. The summed E-state index contributed by atoms with van der Waals surface area (Å²) in [5.41, 5.74) is 7.90. The number of benzene rings is 1. The van der Waals surface area contributed by atoms with Crippen LogP contribution in [0.1, 0.15) is 13.8 Å². The topological polar surface area (TPSA) is 38.5 Å². The summed E-state index contributed by atoms with van der Waals surface area (Å²) in [5.74, 6) is 0. The first kappa shape index (κ1) is 12.0. The maximum atomic E-state index is 5.78. The summed E-state index contributed by atoms with van der Waals surface area (Å²) in [6.07, 6.45) is 0. The Morgan fingerprint density at radius 3 is 2.81 bits per heavy atom. The van der Waals surface area contributed by atoms with Crippen LogP contribution in [0.15, 0.2) is 18.2 Å². The van der Waals surface area contributed by atoms with Gasteiger partial charge in [0.2, 0.25) is 0 Å². The number of hydrogen-bond donors (Lipinski definition) is 1. The minimum Gasteiger partial charge on any atom is -0.399 e. The molecule has 2 rings (SSSR count). The molecule has 1 aromatic rings. The molecule has 3 nitrogen and oxygen atoms in total. The first-order chi connectivity index (χ1) is 7.50. The molecule has 0 amide bonds. The molecule has 0 unspecified atom stereocenters. The van der Waals surface area contributed by atoms with Gasteiger partial charge in [0, 0.05) is 15.8 Å². The normalized spacial score (nSPS) is 19.8. The highest BCUT2D eigenvalue weighted by Crippen LogP contribution is 2.31. The molecule has 1 aliphatic rings. The summed E-state index contributed by atoms with van der Waals surface area (Å²) in [6, 6.07) is 6.08. The predicted octanol–water partition coefficient (Wildman–Crippen LogP) is 2.49. The number of nitrogen functional groups attached to an aromatic ring is 1. The van der Waals surface area contributed by atoms with Crippen LogP contribution >= 0.6 is 22.6 Å². The Labute approximate surface area is 110 Å². The molecule has 0 aliphatic carbocycles. The average Bonchev–Trinajstić information content (AvgIpc) is 2.19. The van der Waals surface area contributed by atoms with Gasteiger partial charge in [0.1, 0.15) is 0 Å². The predicted molar refractivity (Wildman–Crippen MR) is 75.8 cm³/mol. The van der Waals surface area contributed by atoms with Crippen LogP contribution in [0.25, 0.3) is 0 Å². The Morgan fingerprint density at radius 2 is 2.19 bits per heavy atom. The second-order valence-corrected chi connectivity index (χ2v) is 5.89. The molecule has 1 fully saturated rings. The van der Waals surface area contributed by atoms with Crippen molar-refractivity contribution in [3.8, 4) is 0 Å². The van der Waals surface area contributed by atoms with Gasteiger partial charge in [-0.15, -0.1) is 0 Å². The van der Waals surface area contributed by atoms with Gasteiger partial charge in [-0.05, 0) is 54.6 Å². The Hall–Kier alpha value is -0.490. The molecule has 16 heavy (non-hydrogen) atoms. The molecule has 1 heterocycles. The van der Waals surface area contributed by atoms with Gasteiger partial charge in [0.15, 0.2) is 0 Å². The zero-order chi connectivity index (χ0) is 11.8. The molecule has 0 atom stereocenters. The van der Waals surface area contributed by atoms with Crippen LogP contribution in [-0.4, -0.2) is 25.3 Å². The number of nitrogens with zero attached hydrogens (tertiary/aromatic N) is 1. The monoisotopic (exact) mass is 332 g/mol. The molecule has 0 spiro atoms. The molecule has 0 saturated carbocycles.